The SMILES string of the molecule is CC(C)COc1ccc(NC(=O)c2ccc(OCC(C)C)c(Br)c2)cc1. The van der Waals surface area contributed by atoms with Crippen LogP contribution < -0.4 is 14.8 Å². The van der Waals surface area contributed by atoms with Crippen molar-refractivity contribution < 1.29 is 14.3 Å². The summed E-state index contributed by atoms with van der Waals surface area (Å²) in [6.07, 6.45) is 0. The fraction of sp³-hybridized carbons (Fsp3) is 0.381. The smallest absolute Gasteiger partial charge is 0.255 e. The lowest BCUT2D eigenvalue weighted by Crippen LogP contribution is -2.12. The van der Waals surface area contributed by atoms with Gasteiger partial charge in [-0.3, -0.25) is 4.79 Å². The monoisotopic (exact) mass is 419 g/mol. The van der Waals surface area contributed by atoms with Crippen molar-refractivity contribution in [3.63, 3.8) is 0 Å². The predicted octanol–water partition coefficient (Wildman–Crippen LogP) is 5.77. The minimum absolute atomic E-state index is 0.169. The van der Waals surface area contributed by atoms with Crippen LogP contribution in [-0.2, 0) is 0 Å². The maximum Gasteiger partial charge on any atom is 0.255 e. The van der Waals surface area contributed by atoms with Gasteiger partial charge in [-0.2, -0.15) is 0 Å². The van der Waals surface area contributed by atoms with Gasteiger partial charge in [0.15, 0.2) is 0 Å². The Balaban J connectivity index is 1.97. The van der Waals surface area contributed by atoms with E-state index >= 15 is 0 Å². The van der Waals surface area contributed by atoms with Crippen LogP contribution in [0.5, 0.6) is 11.5 Å². The number of hydrogen-bond donors (Lipinski definition) is 1. The number of carbonyl (C=O) groups is 1. The quantitative estimate of drug-likeness (QED) is 0.590. The third kappa shape index (κ3) is 6.37. The standard InChI is InChI=1S/C21H26BrNO3/c1-14(2)12-25-18-8-6-17(7-9-18)23-21(24)16-5-10-20(19(22)11-16)26-13-15(3)4/h5-11,14-15H,12-13H2,1-4H3,(H,23,24). The van der Waals surface area contributed by atoms with Crippen LogP contribution in [0.1, 0.15) is 38.1 Å². The molecule has 4 nitrogen and oxygen atoms in total. The molecule has 0 unspecified atom stereocenters. The fourth-order valence-electron chi connectivity index (χ4n) is 2.12. The van der Waals surface area contributed by atoms with Gasteiger partial charge in [-0.25, -0.2) is 0 Å². The second-order valence-corrected chi connectivity index (χ2v) is 7.89. The molecule has 0 bridgehead atoms. The summed E-state index contributed by atoms with van der Waals surface area (Å²) < 4.78 is 12.1. The summed E-state index contributed by atoms with van der Waals surface area (Å²) in [4.78, 5) is 12.4. The predicted molar refractivity (Wildman–Crippen MR) is 109 cm³/mol. The van der Waals surface area contributed by atoms with Crippen molar-refractivity contribution in [1.29, 1.82) is 0 Å². The zero-order valence-electron chi connectivity index (χ0n) is 15.7. The molecule has 1 amide bonds. The minimum Gasteiger partial charge on any atom is -0.493 e. The third-order valence-corrected chi connectivity index (χ3v) is 4.08. The van der Waals surface area contributed by atoms with Crippen molar-refractivity contribution in [3.05, 3.63) is 52.5 Å². The molecular formula is C21H26BrNO3. The molecule has 0 heterocycles. The van der Waals surface area contributed by atoms with E-state index in [0.29, 0.717) is 30.6 Å². The van der Waals surface area contributed by atoms with E-state index in [-0.39, 0.29) is 5.91 Å². The second-order valence-electron chi connectivity index (χ2n) is 7.03. The van der Waals surface area contributed by atoms with E-state index in [4.69, 9.17) is 9.47 Å². The van der Waals surface area contributed by atoms with Gasteiger partial charge in [0.2, 0.25) is 0 Å². The second kappa shape index (κ2) is 9.62. The highest BCUT2D eigenvalue weighted by Crippen LogP contribution is 2.27. The Hall–Kier alpha value is -2.01. The van der Waals surface area contributed by atoms with E-state index in [2.05, 4.69) is 48.9 Å². The molecule has 0 aliphatic rings. The average molecular weight is 420 g/mol. The summed E-state index contributed by atoms with van der Waals surface area (Å²) in [5.41, 5.74) is 1.29. The van der Waals surface area contributed by atoms with Crippen molar-refractivity contribution in [2.75, 3.05) is 18.5 Å². The van der Waals surface area contributed by atoms with Gasteiger partial charge in [0, 0.05) is 11.3 Å². The lowest BCUT2D eigenvalue weighted by atomic mass is 10.2. The Bertz CT molecular complexity index is 727. The number of benzene rings is 2. The van der Waals surface area contributed by atoms with Crippen LogP contribution in [0, 0.1) is 11.8 Å². The number of hydrogen-bond acceptors (Lipinski definition) is 3. The number of carbonyl (C=O) groups excluding carboxylic acids is 1. The van der Waals surface area contributed by atoms with Gasteiger partial charge in [0.05, 0.1) is 17.7 Å². The first kappa shape index (κ1) is 20.3. The highest BCUT2D eigenvalue weighted by Gasteiger charge is 2.10. The number of amides is 1. The minimum atomic E-state index is -0.169. The normalized spacial score (nSPS) is 10.9. The molecule has 0 aliphatic carbocycles. The van der Waals surface area contributed by atoms with Crippen molar-refractivity contribution >= 4 is 27.5 Å². The zero-order valence-corrected chi connectivity index (χ0v) is 17.3. The number of rotatable bonds is 8. The Morgan fingerprint density at radius 3 is 2.15 bits per heavy atom. The number of nitrogens with one attached hydrogen (secondary N) is 1. The van der Waals surface area contributed by atoms with E-state index < -0.39 is 0 Å². The summed E-state index contributed by atoms with van der Waals surface area (Å²) in [5.74, 6) is 2.28. The van der Waals surface area contributed by atoms with Crippen LogP contribution in [0.25, 0.3) is 0 Å². The fourth-order valence-corrected chi connectivity index (χ4v) is 2.61. The van der Waals surface area contributed by atoms with Gasteiger partial charge in [-0.1, -0.05) is 27.7 Å². The number of halogens is 1. The molecule has 1 N–H and O–H groups in total. The van der Waals surface area contributed by atoms with Crippen LogP contribution in [0.2, 0.25) is 0 Å². The van der Waals surface area contributed by atoms with Crippen molar-refractivity contribution in [3.8, 4) is 11.5 Å². The summed E-state index contributed by atoms with van der Waals surface area (Å²) >= 11 is 3.47. The number of anilines is 1. The van der Waals surface area contributed by atoms with E-state index in [9.17, 15) is 4.79 Å². The Kier molecular flexibility index (Phi) is 7.51. The van der Waals surface area contributed by atoms with Gasteiger partial charge in [-0.05, 0) is 70.2 Å². The molecule has 0 radical (unpaired) electrons. The summed E-state index contributed by atoms with van der Waals surface area (Å²) in [7, 11) is 0. The molecule has 0 saturated heterocycles. The maximum atomic E-state index is 12.4. The van der Waals surface area contributed by atoms with Crippen LogP contribution in [0.3, 0.4) is 0 Å². The first-order chi connectivity index (χ1) is 12.3. The molecule has 0 spiro atoms. The van der Waals surface area contributed by atoms with Gasteiger partial charge < -0.3 is 14.8 Å². The van der Waals surface area contributed by atoms with E-state index in [1.807, 2.05) is 30.3 Å². The third-order valence-electron chi connectivity index (χ3n) is 3.46. The zero-order chi connectivity index (χ0) is 19.1. The molecule has 2 aromatic carbocycles. The van der Waals surface area contributed by atoms with Gasteiger partial charge in [-0.15, -0.1) is 0 Å². The molecule has 0 saturated carbocycles. The lowest BCUT2D eigenvalue weighted by Gasteiger charge is -2.12. The van der Waals surface area contributed by atoms with Crippen molar-refractivity contribution in [1.82, 2.24) is 0 Å². The highest BCUT2D eigenvalue weighted by molar-refractivity contribution is 9.10. The molecule has 0 atom stereocenters. The molecule has 5 heteroatoms. The van der Waals surface area contributed by atoms with E-state index in [1.165, 1.54) is 0 Å². The van der Waals surface area contributed by atoms with Gasteiger partial charge >= 0.3 is 0 Å². The van der Waals surface area contributed by atoms with Crippen LogP contribution in [-0.4, -0.2) is 19.1 Å². The summed E-state index contributed by atoms with van der Waals surface area (Å²) in [6, 6.07) is 12.7. The van der Waals surface area contributed by atoms with Crippen LogP contribution >= 0.6 is 15.9 Å². The van der Waals surface area contributed by atoms with Crippen molar-refractivity contribution in [2.24, 2.45) is 11.8 Å². The topological polar surface area (TPSA) is 47.6 Å². The first-order valence-electron chi connectivity index (χ1n) is 8.81. The summed E-state index contributed by atoms with van der Waals surface area (Å²) in [6.45, 7) is 9.70. The first-order valence-corrected chi connectivity index (χ1v) is 9.61. The Morgan fingerprint density at radius 1 is 0.962 bits per heavy atom. The van der Waals surface area contributed by atoms with E-state index in [0.717, 1.165) is 21.7 Å². The molecule has 0 aromatic heterocycles. The Morgan fingerprint density at radius 2 is 1.58 bits per heavy atom. The molecular weight excluding hydrogens is 394 g/mol. The highest BCUT2D eigenvalue weighted by atomic mass is 79.9. The molecule has 2 rings (SSSR count). The molecule has 0 fully saturated rings. The molecule has 140 valence electrons. The van der Waals surface area contributed by atoms with Gasteiger partial charge in [0.1, 0.15) is 11.5 Å². The Labute approximate surface area is 164 Å². The maximum absolute atomic E-state index is 12.4. The lowest BCUT2D eigenvalue weighted by molar-refractivity contribution is 0.102. The van der Waals surface area contributed by atoms with Crippen LogP contribution in [0.15, 0.2) is 46.9 Å². The number of ether oxygens (including phenoxy) is 2. The molecule has 26 heavy (non-hydrogen) atoms. The van der Waals surface area contributed by atoms with Crippen molar-refractivity contribution in [2.45, 2.75) is 27.7 Å². The molecule has 2 aromatic rings. The van der Waals surface area contributed by atoms with Gasteiger partial charge in [0.25, 0.3) is 5.91 Å². The average Bonchev–Trinajstić information content (AvgIpc) is 2.59. The molecule has 0 aliphatic heterocycles. The summed E-state index contributed by atoms with van der Waals surface area (Å²) in [5, 5.41) is 2.89. The van der Waals surface area contributed by atoms with E-state index in [1.54, 1.807) is 12.1 Å². The largest absolute Gasteiger partial charge is 0.493 e. The van der Waals surface area contributed by atoms with Crippen LogP contribution in [0.4, 0.5) is 5.69 Å².